The summed E-state index contributed by atoms with van der Waals surface area (Å²) in [6.45, 7) is 3.84. The highest BCUT2D eigenvalue weighted by Gasteiger charge is 2.43. The maximum absolute atomic E-state index is 11.8. The predicted octanol–water partition coefficient (Wildman–Crippen LogP) is 2.62. The summed E-state index contributed by atoms with van der Waals surface area (Å²) < 4.78 is 5.41. The number of carbonyl (C=O) groups excluding carboxylic acids is 1. The van der Waals surface area contributed by atoms with Crippen molar-refractivity contribution in [3.63, 3.8) is 0 Å². The van der Waals surface area contributed by atoms with Crippen molar-refractivity contribution >= 4 is 6.03 Å². The average Bonchev–Trinajstić information content (AvgIpc) is 2.59. The smallest absolute Gasteiger partial charge is 0.315 e. The number of likely N-dealkylation sites (tertiary alicyclic amines) is 1. The van der Waals surface area contributed by atoms with Crippen LogP contribution in [-0.4, -0.2) is 41.8 Å². The van der Waals surface area contributed by atoms with E-state index in [0.717, 1.165) is 31.2 Å². The molecule has 5 heteroatoms. The van der Waals surface area contributed by atoms with Crippen molar-refractivity contribution in [2.75, 3.05) is 19.8 Å². The molecule has 2 atom stereocenters. The molecule has 1 heterocycles. The van der Waals surface area contributed by atoms with Crippen molar-refractivity contribution in [3.8, 4) is 0 Å². The zero-order chi connectivity index (χ0) is 16.7. The van der Waals surface area contributed by atoms with E-state index in [9.17, 15) is 9.90 Å². The van der Waals surface area contributed by atoms with Crippen molar-refractivity contribution in [1.82, 2.24) is 4.90 Å². The van der Waals surface area contributed by atoms with Gasteiger partial charge in [-0.1, -0.05) is 30.3 Å². The van der Waals surface area contributed by atoms with Gasteiger partial charge in [0, 0.05) is 19.8 Å². The Balaban J connectivity index is 2.26. The van der Waals surface area contributed by atoms with Crippen LogP contribution in [0.15, 0.2) is 30.3 Å². The third-order valence-electron chi connectivity index (χ3n) is 4.66. The van der Waals surface area contributed by atoms with Crippen LogP contribution in [-0.2, 0) is 10.3 Å². The van der Waals surface area contributed by atoms with Gasteiger partial charge in [0.25, 0.3) is 0 Å². The SMILES string of the molecule is CCOCCC[C@](O)(c1ccccc1)C1CCCCN1C(N)=O. The van der Waals surface area contributed by atoms with E-state index in [-0.39, 0.29) is 6.04 Å². The molecule has 23 heavy (non-hydrogen) atoms. The Morgan fingerprint density at radius 1 is 1.39 bits per heavy atom. The number of rotatable bonds is 7. The number of hydrogen-bond acceptors (Lipinski definition) is 3. The summed E-state index contributed by atoms with van der Waals surface area (Å²) in [5.41, 5.74) is 5.31. The normalized spacial score (nSPS) is 21.0. The molecule has 1 aliphatic heterocycles. The number of aliphatic hydroxyl groups is 1. The Labute approximate surface area is 138 Å². The molecule has 3 N–H and O–H groups in total. The molecule has 0 aromatic heterocycles. The maximum Gasteiger partial charge on any atom is 0.315 e. The Bertz CT molecular complexity index is 494. The van der Waals surface area contributed by atoms with E-state index in [0.29, 0.717) is 26.2 Å². The fourth-order valence-electron chi connectivity index (χ4n) is 3.51. The van der Waals surface area contributed by atoms with Gasteiger partial charge in [-0.05, 0) is 44.6 Å². The molecule has 1 unspecified atom stereocenters. The summed E-state index contributed by atoms with van der Waals surface area (Å²) in [4.78, 5) is 13.5. The zero-order valence-electron chi connectivity index (χ0n) is 13.9. The lowest BCUT2D eigenvalue weighted by atomic mass is 9.78. The molecule has 1 aromatic carbocycles. The molecule has 0 bridgehead atoms. The zero-order valence-corrected chi connectivity index (χ0v) is 13.9. The van der Waals surface area contributed by atoms with Gasteiger partial charge in [-0.2, -0.15) is 0 Å². The number of amides is 2. The van der Waals surface area contributed by atoms with Crippen molar-refractivity contribution in [2.24, 2.45) is 5.73 Å². The van der Waals surface area contributed by atoms with E-state index in [1.54, 1.807) is 4.90 Å². The van der Waals surface area contributed by atoms with Crippen LogP contribution in [0.4, 0.5) is 4.79 Å². The molecule has 0 spiro atoms. The molecular weight excluding hydrogens is 292 g/mol. The molecule has 0 aliphatic carbocycles. The summed E-state index contributed by atoms with van der Waals surface area (Å²) in [6, 6.07) is 8.88. The van der Waals surface area contributed by atoms with E-state index in [1.165, 1.54) is 0 Å². The van der Waals surface area contributed by atoms with Crippen molar-refractivity contribution in [1.29, 1.82) is 0 Å². The molecule has 2 amide bonds. The summed E-state index contributed by atoms with van der Waals surface area (Å²) in [7, 11) is 0. The maximum atomic E-state index is 11.8. The Hall–Kier alpha value is -1.59. The fraction of sp³-hybridized carbons (Fsp3) is 0.611. The number of benzene rings is 1. The molecule has 1 aromatic rings. The van der Waals surface area contributed by atoms with Crippen LogP contribution in [0, 0.1) is 0 Å². The van der Waals surface area contributed by atoms with Crippen LogP contribution < -0.4 is 5.73 Å². The fourth-order valence-corrected chi connectivity index (χ4v) is 3.51. The minimum Gasteiger partial charge on any atom is -0.383 e. The molecule has 0 radical (unpaired) electrons. The summed E-state index contributed by atoms with van der Waals surface area (Å²) in [5.74, 6) is 0. The minimum atomic E-state index is -1.09. The molecular formula is C18H28N2O3. The van der Waals surface area contributed by atoms with Crippen LogP contribution in [0.1, 0.15) is 44.6 Å². The summed E-state index contributed by atoms with van der Waals surface area (Å²) >= 11 is 0. The van der Waals surface area contributed by atoms with Crippen molar-refractivity contribution in [2.45, 2.75) is 50.7 Å². The number of nitrogens with zero attached hydrogens (tertiary/aromatic N) is 1. The van der Waals surface area contributed by atoms with Crippen LogP contribution in [0.3, 0.4) is 0 Å². The second-order valence-corrected chi connectivity index (χ2v) is 6.13. The number of piperidine rings is 1. The van der Waals surface area contributed by atoms with Crippen LogP contribution >= 0.6 is 0 Å². The van der Waals surface area contributed by atoms with Crippen molar-refractivity contribution in [3.05, 3.63) is 35.9 Å². The summed E-state index contributed by atoms with van der Waals surface area (Å²) in [6.07, 6.45) is 3.98. The van der Waals surface area contributed by atoms with Gasteiger partial charge in [-0.15, -0.1) is 0 Å². The first kappa shape index (κ1) is 17.8. The highest BCUT2D eigenvalue weighted by Crippen LogP contribution is 2.37. The van der Waals surface area contributed by atoms with E-state index in [2.05, 4.69) is 0 Å². The van der Waals surface area contributed by atoms with E-state index < -0.39 is 11.6 Å². The lowest BCUT2D eigenvalue weighted by Crippen LogP contribution is -2.56. The van der Waals surface area contributed by atoms with Gasteiger partial charge in [-0.3, -0.25) is 0 Å². The van der Waals surface area contributed by atoms with E-state index in [4.69, 9.17) is 10.5 Å². The lowest BCUT2D eigenvalue weighted by Gasteiger charge is -2.45. The van der Waals surface area contributed by atoms with Gasteiger partial charge in [0.1, 0.15) is 5.60 Å². The van der Waals surface area contributed by atoms with Gasteiger partial charge in [0.15, 0.2) is 0 Å². The molecule has 2 rings (SSSR count). The quantitative estimate of drug-likeness (QED) is 0.758. The number of urea groups is 1. The van der Waals surface area contributed by atoms with Gasteiger partial charge >= 0.3 is 6.03 Å². The predicted molar refractivity (Wildman–Crippen MR) is 90.0 cm³/mol. The molecule has 0 saturated carbocycles. The summed E-state index contributed by atoms with van der Waals surface area (Å²) in [5, 5.41) is 11.5. The molecule has 1 fully saturated rings. The number of hydrogen-bond donors (Lipinski definition) is 2. The highest BCUT2D eigenvalue weighted by atomic mass is 16.5. The largest absolute Gasteiger partial charge is 0.383 e. The van der Waals surface area contributed by atoms with Gasteiger partial charge in [0.05, 0.1) is 6.04 Å². The number of primary amides is 1. The van der Waals surface area contributed by atoms with Gasteiger partial charge in [0.2, 0.25) is 0 Å². The Kier molecular flexibility index (Phi) is 6.42. The van der Waals surface area contributed by atoms with Gasteiger partial charge < -0.3 is 20.5 Å². The van der Waals surface area contributed by atoms with E-state index in [1.807, 2.05) is 37.3 Å². The van der Waals surface area contributed by atoms with Crippen LogP contribution in [0.25, 0.3) is 0 Å². The standard InChI is InChI=1S/C18H28N2O3/c1-2-23-14-8-12-18(22,15-9-4-3-5-10-15)16-11-6-7-13-20(16)17(19)21/h3-5,9-10,16,22H,2,6-8,11-14H2,1H3,(H2,19,21)/t16?,18-/m0/s1. The van der Waals surface area contributed by atoms with Crippen LogP contribution in [0.2, 0.25) is 0 Å². The first-order chi connectivity index (χ1) is 11.1. The number of nitrogens with two attached hydrogens (primary N) is 1. The second-order valence-electron chi connectivity index (χ2n) is 6.13. The molecule has 1 saturated heterocycles. The third-order valence-corrected chi connectivity index (χ3v) is 4.66. The second kappa shape index (κ2) is 8.31. The first-order valence-corrected chi connectivity index (χ1v) is 8.51. The highest BCUT2D eigenvalue weighted by molar-refractivity contribution is 5.72. The first-order valence-electron chi connectivity index (χ1n) is 8.51. The lowest BCUT2D eigenvalue weighted by molar-refractivity contribution is -0.0629. The van der Waals surface area contributed by atoms with Crippen LogP contribution in [0.5, 0.6) is 0 Å². The molecule has 5 nitrogen and oxygen atoms in total. The minimum absolute atomic E-state index is 0.280. The Morgan fingerprint density at radius 3 is 2.78 bits per heavy atom. The molecule has 1 aliphatic rings. The number of carbonyl (C=O) groups is 1. The monoisotopic (exact) mass is 320 g/mol. The molecule has 128 valence electrons. The number of ether oxygens (including phenoxy) is 1. The van der Waals surface area contributed by atoms with Crippen molar-refractivity contribution < 1.29 is 14.6 Å². The van der Waals surface area contributed by atoms with E-state index >= 15 is 0 Å². The Morgan fingerprint density at radius 2 is 2.13 bits per heavy atom. The average molecular weight is 320 g/mol. The topological polar surface area (TPSA) is 75.8 Å². The van der Waals surface area contributed by atoms with Gasteiger partial charge in [-0.25, -0.2) is 4.79 Å². The third kappa shape index (κ3) is 4.24.